The van der Waals surface area contributed by atoms with E-state index in [1.807, 2.05) is 31.2 Å². The highest BCUT2D eigenvalue weighted by atomic mass is 32.2. The van der Waals surface area contributed by atoms with Gasteiger partial charge in [0.25, 0.3) is 16.8 Å². The molecule has 1 fully saturated rings. The zero-order valence-electron chi connectivity index (χ0n) is 19.1. The number of hydrogen-bond donors (Lipinski definition) is 0. The molecule has 0 bridgehead atoms. The van der Waals surface area contributed by atoms with Crippen molar-refractivity contribution in [2.75, 3.05) is 7.11 Å². The number of ether oxygens (including phenoxy) is 2. The monoisotopic (exact) mass is 490 g/mol. The number of para-hydroxylation sites is 1. The Morgan fingerprint density at radius 2 is 1.77 bits per heavy atom. The molecule has 1 saturated heterocycles. The topological polar surface area (TPSA) is 99.0 Å². The minimum atomic E-state index is -0.453. The first-order valence-electron chi connectivity index (χ1n) is 10.7. The van der Waals surface area contributed by atoms with E-state index < -0.39 is 4.92 Å². The molecule has 4 rings (SSSR count). The van der Waals surface area contributed by atoms with Crippen LogP contribution in [0, 0.1) is 17.0 Å². The predicted molar refractivity (Wildman–Crippen MR) is 133 cm³/mol. The van der Waals surface area contributed by atoms with E-state index in [0.717, 1.165) is 22.9 Å². The number of methoxy groups -OCH3 is 1. The Bertz CT molecular complexity index is 1320. The van der Waals surface area contributed by atoms with Gasteiger partial charge in [-0.3, -0.25) is 24.6 Å². The molecule has 0 unspecified atom stereocenters. The first-order chi connectivity index (χ1) is 16.9. The molecule has 1 heterocycles. The average molecular weight is 491 g/mol. The van der Waals surface area contributed by atoms with Crippen molar-refractivity contribution in [1.82, 2.24) is 4.90 Å². The van der Waals surface area contributed by atoms with Crippen LogP contribution in [0.5, 0.6) is 11.5 Å². The summed E-state index contributed by atoms with van der Waals surface area (Å²) in [4.78, 5) is 37.6. The van der Waals surface area contributed by atoms with Crippen LogP contribution in [0.4, 0.5) is 10.5 Å². The van der Waals surface area contributed by atoms with Crippen LogP contribution in [0.3, 0.4) is 0 Å². The van der Waals surface area contributed by atoms with Crippen LogP contribution < -0.4 is 9.47 Å². The number of carbonyl (C=O) groups is 2. The third-order valence-corrected chi connectivity index (χ3v) is 6.30. The second-order valence-corrected chi connectivity index (χ2v) is 8.83. The Labute approximate surface area is 206 Å². The predicted octanol–water partition coefficient (Wildman–Crippen LogP) is 5.73. The highest BCUT2D eigenvalue weighted by Gasteiger charge is 2.35. The van der Waals surface area contributed by atoms with Crippen LogP contribution in [0.15, 0.2) is 71.6 Å². The summed E-state index contributed by atoms with van der Waals surface area (Å²) in [5.41, 5.74) is 3.04. The third-order valence-electron chi connectivity index (χ3n) is 5.39. The fraction of sp³-hybridized carbons (Fsp3) is 0.154. The van der Waals surface area contributed by atoms with E-state index in [9.17, 15) is 19.7 Å². The Balaban J connectivity index is 1.49. The molecule has 0 aliphatic carbocycles. The zero-order valence-corrected chi connectivity index (χ0v) is 19.9. The van der Waals surface area contributed by atoms with Gasteiger partial charge >= 0.3 is 0 Å². The van der Waals surface area contributed by atoms with Gasteiger partial charge in [-0.1, -0.05) is 48.0 Å². The third kappa shape index (κ3) is 5.52. The van der Waals surface area contributed by atoms with Crippen molar-refractivity contribution < 1.29 is 24.0 Å². The van der Waals surface area contributed by atoms with Crippen molar-refractivity contribution in [1.29, 1.82) is 0 Å². The Morgan fingerprint density at radius 1 is 1.03 bits per heavy atom. The molecule has 1 aliphatic rings. The lowest BCUT2D eigenvalue weighted by Crippen LogP contribution is -2.27. The number of nitro benzene ring substituents is 1. The molecule has 178 valence electrons. The minimum Gasteiger partial charge on any atom is -0.493 e. The lowest BCUT2D eigenvalue weighted by molar-refractivity contribution is -0.385. The molecule has 0 N–H and O–H groups in total. The molecule has 8 nitrogen and oxygen atoms in total. The molecule has 3 aromatic carbocycles. The van der Waals surface area contributed by atoms with Gasteiger partial charge in [0.05, 0.1) is 29.0 Å². The molecule has 9 heteroatoms. The molecule has 0 saturated carbocycles. The molecule has 35 heavy (non-hydrogen) atoms. The Morgan fingerprint density at radius 3 is 2.49 bits per heavy atom. The molecule has 0 spiro atoms. The van der Waals surface area contributed by atoms with Crippen LogP contribution in [-0.2, 0) is 17.9 Å². The summed E-state index contributed by atoms with van der Waals surface area (Å²) in [5, 5.41) is 10.9. The van der Waals surface area contributed by atoms with Crippen molar-refractivity contribution in [3.63, 3.8) is 0 Å². The number of benzene rings is 3. The average Bonchev–Trinajstić information content (AvgIpc) is 3.11. The number of thioether (sulfide) groups is 1. The first kappa shape index (κ1) is 24.0. The number of nitrogens with zero attached hydrogens (tertiary/aromatic N) is 2. The van der Waals surface area contributed by atoms with Crippen molar-refractivity contribution >= 4 is 34.7 Å². The number of hydrogen-bond acceptors (Lipinski definition) is 7. The van der Waals surface area contributed by atoms with Gasteiger partial charge in [-0.05, 0) is 54.1 Å². The fourth-order valence-corrected chi connectivity index (χ4v) is 4.36. The number of imide groups is 1. The van der Waals surface area contributed by atoms with Crippen molar-refractivity contribution in [3.8, 4) is 11.5 Å². The maximum Gasteiger partial charge on any atom is 0.293 e. The summed E-state index contributed by atoms with van der Waals surface area (Å²) < 4.78 is 11.2. The van der Waals surface area contributed by atoms with Crippen LogP contribution in [0.2, 0.25) is 0 Å². The van der Waals surface area contributed by atoms with E-state index in [1.54, 1.807) is 42.5 Å². The van der Waals surface area contributed by atoms with E-state index in [4.69, 9.17) is 9.47 Å². The van der Waals surface area contributed by atoms with E-state index >= 15 is 0 Å². The zero-order chi connectivity index (χ0) is 24.9. The molecule has 3 aromatic rings. The summed E-state index contributed by atoms with van der Waals surface area (Å²) >= 11 is 0.891. The van der Waals surface area contributed by atoms with Gasteiger partial charge in [0.15, 0.2) is 11.5 Å². The fourth-order valence-electron chi connectivity index (χ4n) is 3.52. The smallest absolute Gasteiger partial charge is 0.293 e. The maximum atomic E-state index is 12.9. The molecule has 0 atom stereocenters. The Kier molecular flexibility index (Phi) is 7.17. The van der Waals surface area contributed by atoms with Gasteiger partial charge in [0, 0.05) is 6.07 Å². The first-order valence-corrected chi connectivity index (χ1v) is 11.5. The lowest BCUT2D eigenvalue weighted by atomic mass is 10.1. The van der Waals surface area contributed by atoms with Gasteiger partial charge in [0.1, 0.15) is 6.61 Å². The van der Waals surface area contributed by atoms with E-state index in [2.05, 4.69) is 0 Å². The highest BCUT2D eigenvalue weighted by molar-refractivity contribution is 8.18. The molecule has 0 aromatic heterocycles. The number of carbonyl (C=O) groups excluding carboxylic acids is 2. The number of nitro groups is 1. The normalized spacial score (nSPS) is 14.5. The number of amides is 2. The van der Waals surface area contributed by atoms with Gasteiger partial charge in [0.2, 0.25) is 0 Å². The second kappa shape index (κ2) is 10.4. The van der Waals surface area contributed by atoms with Gasteiger partial charge in [-0.15, -0.1) is 0 Å². The number of aryl methyl sites for hydroxylation is 1. The van der Waals surface area contributed by atoms with Crippen molar-refractivity contribution in [2.24, 2.45) is 0 Å². The summed E-state index contributed by atoms with van der Waals surface area (Å²) in [6.07, 6.45) is 1.63. The lowest BCUT2D eigenvalue weighted by Gasteiger charge is -2.13. The van der Waals surface area contributed by atoms with Crippen LogP contribution >= 0.6 is 11.8 Å². The SMILES string of the molecule is COc1cc(/C=C2\SC(=O)N(Cc3ccc(C)cc3)C2=O)ccc1OCc1ccccc1[N+](=O)[O-]. The molecule has 2 amide bonds. The van der Waals surface area contributed by atoms with Crippen LogP contribution in [-0.4, -0.2) is 28.1 Å². The standard InChI is InChI=1S/C26H22N2O6S/c1-17-7-9-18(10-8-17)15-27-25(29)24(35-26(27)30)14-19-11-12-22(23(13-19)33-2)34-16-20-5-3-4-6-21(20)28(31)32/h3-14H,15-16H2,1-2H3/b24-14-. The number of rotatable bonds is 8. The quantitative estimate of drug-likeness (QED) is 0.226. The van der Waals surface area contributed by atoms with Crippen LogP contribution in [0.1, 0.15) is 22.3 Å². The van der Waals surface area contributed by atoms with E-state index in [-0.39, 0.29) is 30.0 Å². The molecule has 1 aliphatic heterocycles. The summed E-state index contributed by atoms with van der Waals surface area (Å²) in [7, 11) is 1.48. The Hall–Kier alpha value is -4.11. The van der Waals surface area contributed by atoms with E-state index in [0.29, 0.717) is 27.5 Å². The van der Waals surface area contributed by atoms with Crippen molar-refractivity contribution in [2.45, 2.75) is 20.1 Å². The van der Waals surface area contributed by atoms with Crippen molar-refractivity contribution in [3.05, 3.63) is 104 Å². The van der Waals surface area contributed by atoms with Gasteiger partial charge in [-0.25, -0.2) is 0 Å². The van der Waals surface area contributed by atoms with E-state index in [1.165, 1.54) is 18.1 Å². The molecular weight excluding hydrogens is 468 g/mol. The summed E-state index contributed by atoms with van der Waals surface area (Å²) in [6.45, 7) is 2.18. The second-order valence-electron chi connectivity index (χ2n) is 7.84. The molecular formula is C26H22N2O6S. The summed E-state index contributed by atoms with van der Waals surface area (Å²) in [5.74, 6) is 0.447. The largest absolute Gasteiger partial charge is 0.493 e. The van der Waals surface area contributed by atoms with Gasteiger partial charge in [-0.2, -0.15) is 0 Å². The summed E-state index contributed by atoms with van der Waals surface area (Å²) in [6, 6.07) is 19.1. The maximum absolute atomic E-state index is 12.9. The van der Waals surface area contributed by atoms with Gasteiger partial charge < -0.3 is 9.47 Å². The minimum absolute atomic E-state index is 0.00917. The van der Waals surface area contributed by atoms with Crippen LogP contribution in [0.25, 0.3) is 6.08 Å². The molecule has 0 radical (unpaired) electrons. The highest BCUT2D eigenvalue weighted by Crippen LogP contribution is 2.35.